The molecule has 29 heavy (non-hydrogen) atoms. The minimum absolute atomic E-state index is 0.242. The molecule has 4 aromatic rings. The Morgan fingerprint density at radius 2 is 1.52 bits per heavy atom. The SMILES string of the molecule is O=C(Nc1ccc(-c2ccccc2)cc1)c1ccc(COc2ccc(Br)cc2)o1. The van der Waals surface area contributed by atoms with Crippen molar-refractivity contribution in [2.45, 2.75) is 6.61 Å². The number of anilines is 1. The van der Waals surface area contributed by atoms with Gasteiger partial charge in [-0.25, -0.2) is 0 Å². The first-order valence-electron chi connectivity index (χ1n) is 9.11. The van der Waals surface area contributed by atoms with Crippen molar-refractivity contribution in [3.63, 3.8) is 0 Å². The van der Waals surface area contributed by atoms with Gasteiger partial charge in [0.1, 0.15) is 18.1 Å². The van der Waals surface area contributed by atoms with E-state index in [0.717, 1.165) is 21.3 Å². The molecule has 0 saturated heterocycles. The Labute approximate surface area is 177 Å². The van der Waals surface area contributed by atoms with E-state index in [1.54, 1.807) is 12.1 Å². The molecule has 0 spiro atoms. The summed E-state index contributed by atoms with van der Waals surface area (Å²) in [5, 5.41) is 2.85. The smallest absolute Gasteiger partial charge is 0.291 e. The number of amides is 1. The molecule has 0 aliphatic heterocycles. The molecule has 1 heterocycles. The van der Waals surface area contributed by atoms with Gasteiger partial charge in [0.15, 0.2) is 5.76 Å². The molecule has 0 aliphatic carbocycles. The number of halogens is 1. The predicted octanol–water partition coefficient (Wildman–Crippen LogP) is 6.54. The number of benzene rings is 3. The third-order valence-electron chi connectivity index (χ3n) is 4.33. The van der Waals surface area contributed by atoms with Gasteiger partial charge in [-0.05, 0) is 59.7 Å². The van der Waals surface area contributed by atoms with Gasteiger partial charge in [-0.2, -0.15) is 0 Å². The molecular formula is C24H18BrNO3. The second kappa shape index (κ2) is 8.80. The molecule has 0 radical (unpaired) electrons. The highest BCUT2D eigenvalue weighted by Crippen LogP contribution is 2.22. The zero-order valence-electron chi connectivity index (χ0n) is 15.5. The number of ether oxygens (including phenoxy) is 1. The van der Waals surface area contributed by atoms with Crippen molar-refractivity contribution in [1.29, 1.82) is 0 Å². The average molecular weight is 448 g/mol. The van der Waals surface area contributed by atoms with Gasteiger partial charge in [0.2, 0.25) is 0 Å². The van der Waals surface area contributed by atoms with Crippen LogP contribution in [0.1, 0.15) is 16.3 Å². The molecule has 3 aromatic carbocycles. The van der Waals surface area contributed by atoms with E-state index >= 15 is 0 Å². The Bertz CT molecular complexity index is 1090. The highest BCUT2D eigenvalue weighted by molar-refractivity contribution is 9.10. The Hall–Kier alpha value is -3.31. The molecule has 1 aromatic heterocycles. The van der Waals surface area contributed by atoms with Crippen LogP contribution in [0.15, 0.2) is 99.9 Å². The normalized spacial score (nSPS) is 10.5. The zero-order chi connectivity index (χ0) is 20.1. The summed E-state index contributed by atoms with van der Waals surface area (Å²) in [5.74, 6) is 1.26. The first kappa shape index (κ1) is 19.0. The van der Waals surface area contributed by atoms with E-state index in [1.807, 2.05) is 78.9 Å². The average Bonchev–Trinajstić information content (AvgIpc) is 3.24. The van der Waals surface area contributed by atoms with Gasteiger partial charge in [0.25, 0.3) is 5.91 Å². The first-order valence-corrected chi connectivity index (χ1v) is 9.90. The van der Waals surface area contributed by atoms with Gasteiger partial charge in [0.05, 0.1) is 0 Å². The van der Waals surface area contributed by atoms with E-state index in [1.165, 1.54) is 0 Å². The molecule has 5 heteroatoms. The standard InChI is InChI=1S/C24H18BrNO3/c25-19-8-12-21(13-9-19)28-16-22-14-15-23(29-22)24(27)26-20-10-6-18(7-11-20)17-4-2-1-3-5-17/h1-15H,16H2,(H,26,27). The van der Waals surface area contributed by atoms with E-state index < -0.39 is 0 Å². The number of hydrogen-bond donors (Lipinski definition) is 1. The van der Waals surface area contributed by atoms with Crippen molar-refractivity contribution in [2.24, 2.45) is 0 Å². The van der Waals surface area contributed by atoms with Crippen LogP contribution in [0, 0.1) is 0 Å². The maximum atomic E-state index is 12.4. The molecule has 4 nitrogen and oxygen atoms in total. The molecule has 0 fully saturated rings. The van der Waals surface area contributed by atoms with Gasteiger partial charge in [-0.15, -0.1) is 0 Å². The Morgan fingerprint density at radius 3 is 2.24 bits per heavy atom. The quantitative estimate of drug-likeness (QED) is 0.364. The fraction of sp³-hybridized carbons (Fsp3) is 0.0417. The summed E-state index contributed by atoms with van der Waals surface area (Å²) in [5.41, 5.74) is 2.93. The second-order valence-electron chi connectivity index (χ2n) is 6.41. The van der Waals surface area contributed by atoms with Crippen LogP contribution in [-0.4, -0.2) is 5.91 Å². The van der Waals surface area contributed by atoms with Crippen LogP contribution in [0.3, 0.4) is 0 Å². The summed E-state index contributed by atoms with van der Waals surface area (Å²) in [7, 11) is 0. The lowest BCUT2D eigenvalue weighted by Crippen LogP contribution is -2.10. The number of carbonyl (C=O) groups excluding carboxylic acids is 1. The minimum Gasteiger partial charge on any atom is -0.486 e. The number of rotatable bonds is 6. The van der Waals surface area contributed by atoms with E-state index in [-0.39, 0.29) is 18.3 Å². The van der Waals surface area contributed by atoms with Gasteiger partial charge in [-0.3, -0.25) is 4.79 Å². The Balaban J connectivity index is 1.36. The first-order chi connectivity index (χ1) is 14.2. The largest absolute Gasteiger partial charge is 0.486 e. The third kappa shape index (κ3) is 4.95. The van der Waals surface area contributed by atoms with Gasteiger partial charge in [0, 0.05) is 10.2 Å². The van der Waals surface area contributed by atoms with Crippen molar-refractivity contribution < 1.29 is 13.9 Å². The lowest BCUT2D eigenvalue weighted by molar-refractivity contribution is 0.0992. The van der Waals surface area contributed by atoms with E-state index in [9.17, 15) is 4.79 Å². The zero-order valence-corrected chi connectivity index (χ0v) is 17.1. The lowest BCUT2D eigenvalue weighted by atomic mass is 10.1. The summed E-state index contributed by atoms with van der Waals surface area (Å²) in [6, 6.07) is 28.7. The fourth-order valence-electron chi connectivity index (χ4n) is 2.83. The van der Waals surface area contributed by atoms with Crippen LogP contribution in [0.5, 0.6) is 5.75 Å². The van der Waals surface area contributed by atoms with E-state index in [0.29, 0.717) is 11.4 Å². The summed E-state index contributed by atoms with van der Waals surface area (Å²) >= 11 is 3.39. The maximum absolute atomic E-state index is 12.4. The van der Waals surface area contributed by atoms with E-state index in [4.69, 9.17) is 9.15 Å². The molecule has 4 rings (SSSR count). The Kier molecular flexibility index (Phi) is 5.77. The molecular weight excluding hydrogens is 430 g/mol. The summed E-state index contributed by atoms with van der Waals surface area (Å²) in [6.45, 7) is 0.251. The van der Waals surface area contributed by atoms with Crippen LogP contribution < -0.4 is 10.1 Å². The van der Waals surface area contributed by atoms with Gasteiger partial charge in [-0.1, -0.05) is 58.4 Å². The molecule has 1 N–H and O–H groups in total. The van der Waals surface area contributed by atoms with Crippen LogP contribution in [0.4, 0.5) is 5.69 Å². The summed E-state index contributed by atoms with van der Waals surface area (Å²) in [6.07, 6.45) is 0. The van der Waals surface area contributed by atoms with Crippen molar-refractivity contribution >= 4 is 27.5 Å². The van der Waals surface area contributed by atoms with Crippen LogP contribution >= 0.6 is 15.9 Å². The molecule has 0 aliphatic rings. The second-order valence-corrected chi connectivity index (χ2v) is 7.32. The van der Waals surface area contributed by atoms with Crippen molar-refractivity contribution in [3.05, 3.63) is 107 Å². The van der Waals surface area contributed by atoms with Crippen LogP contribution in [-0.2, 0) is 6.61 Å². The van der Waals surface area contributed by atoms with Gasteiger partial charge < -0.3 is 14.5 Å². The van der Waals surface area contributed by atoms with Gasteiger partial charge >= 0.3 is 0 Å². The molecule has 144 valence electrons. The summed E-state index contributed by atoms with van der Waals surface area (Å²) < 4.78 is 12.3. The number of carbonyl (C=O) groups is 1. The molecule has 0 bridgehead atoms. The highest BCUT2D eigenvalue weighted by atomic mass is 79.9. The number of nitrogens with one attached hydrogen (secondary N) is 1. The minimum atomic E-state index is -0.299. The van der Waals surface area contributed by atoms with E-state index in [2.05, 4.69) is 21.2 Å². The predicted molar refractivity (Wildman–Crippen MR) is 117 cm³/mol. The fourth-order valence-corrected chi connectivity index (χ4v) is 3.10. The third-order valence-corrected chi connectivity index (χ3v) is 4.86. The van der Waals surface area contributed by atoms with Crippen molar-refractivity contribution in [1.82, 2.24) is 0 Å². The molecule has 1 amide bonds. The molecule has 0 saturated carbocycles. The van der Waals surface area contributed by atoms with Crippen molar-refractivity contribution in [2.75, 3.05) is 5.32 Å². The highest BCUT2D eigenvalue weighted by Gasteiger charge is 2.12. The number of hydrogen-bond acceptors (Lipinski definition) is 3. The topological polar surface area (TPSA) is 51.5 Å². The number of furan rings is 1. The Morgan fingerprint density at radius 1 is 0.828 bits per heavy atom. The molecule has 0 unspecified atom stereocenters. The monoisotopic (exact) mass is 447 g/mol. The maximum Gasteiger partial charge on any atom is 0.291 e. The van der Waals surface area contributed by atoms with Crippen molar-refractivity contribution in [3.8, 4) is 16.9 Å². The van der Waals surface area contributed by atoms with Crippen LogP contribution in [0.25, 0.3) is 11.1 Å². The molecule has 0 atom stereocenters. The van der Waals surface area contributed by atoms with Crippen LogP contribution in [0.2, 0.25) is 0 Å². The summed E-state index contributed by atoms with van der Waals surface area (Å²) in [4.78, 5) is 12.4. The lowest BCUT2D eigenvalue weighted by Gasteiger charge is -2.06.